The number of nitrogens with one attached hydrogen (secondary N) is 3. The Bertz CT molecular complexity index is 1420. The number of piperazine rings is 1. The summed E-state index contributed by atoms with van der Waals surface area (Å²) in [7, 11) is -1.76. The van der Waals surface area contributed by atoms with Crippen LogP contribution in [0, 0.1) is 11.7 Å². The molecular formula is C30H44FN7O5S. The monoisotopic (exact) mass is 633 g/mol. The molecule has 0 radical (unpaired) electrons. The van der Waals surface area contributed by atoms with E-state index in [0.29, 0.717) is 44.0 Å². The molecule has 2 aliphatic rings. The zero-order valence-corrected chi connectivity index (χ0v) is 26.5. The standard InChI is InChI=1S/C30H44FN7O5S/c1-4-38-26(13-14-32-38)28(39)34-27(22-9-7-6-8-10-22)29(40)33-24-12-11-21(19-23(24)31)20-25(35-44(42,43)5-2)30(41)37-17-15-36(3)16-18-37/h11-14,19,22,25,27,35H,4-10,15-18,20H2,1-3H3,(H,33,40)(H,34,39)/t25-,27+/m1/s1. The van der Waals surface area contributed by atoms with Gasteiger partial charge in [0.2, 0.25) is 21.8 Å². The van der Waals surface area contributed by atoms with E-state index in [1.54, 1.807) is 21.7 Å². The van der Waals surface area contributed by atoms with E-state index < -0.39 is 39.7 Å². The molecule has 4 rings (SSSR count). The fourth-order valence-electron chi connectivity index (χ4n) is 5.82. The lowest BCUT2D eigenvalue weighted by Gasteiger charge is -2.34. The van der Waals surface area contributed by atoms with Crippen LogP contribution in [0.2, 0.25) is 0 Å². The Morgan fingerprint density at radius 1 is 1.05 bits per heavy atom. The third-order valence-electron chi connectivity index (χ3n) is 8.49. The molecule has 1 aromatic carbocycles. The summed E-state index contributed by atoms with van der Waals surface area (Å²) in [6, 6.07) is 3.81. The van der Waals surface area contributed by atoms with Crippen LogP contribution >= 0.6 is 0 Å². The van der Waals surface area contributed by atoms with Gasteiger partial charge in [-0.05, 0) is 69.8 Å². The highest BCUT2D eigenvalue weighted by atomic mass is 32.2. The number of carbonyl (C=O) groups is 3. The minimum atomic E-state index is -3.72. The number of carbonyl (C=O) groups excluding carboxylic acids is 3. The summed E-state index contributed by atoms with van der Waals surface area (Å²) < 4.78 is 44.3. The van der Waals surface area contributed by atoms with E-state index in [0.717, 1.165) is 32.1 Å². The Kier molecular flexibility index (Phi) is 11.5. The van der Waals surface area contributed by atoms with Crippen molar-refractivity contribution in [2.24, 2.45) is 5.92 Å². The van der Waals surface area contributed by atoms with Crippen molar-refractivity contribution in [2.45, 2.75) is 71.0 Å². The van der Waals surface area contributed by atoms with Gasteiger partial charge in [0.15, 0.2) is 0 Å². The maximum atomic E-state index is 15.4. The second-order valence-corrected chi connectivity index (χ2v) is 13.6. The van der Waals surface area contributed by atoms with E-state index in [9.17, 15) is 22.8 Å². The minimum Gasteiger partial charge on any atom is -0.339 e. The van der Waals surface area contributed by atoms with Gasteiger partial charge in [0, 0.05) is 38.9 Å². The van der Waals surface area contributed by atoms with Crippen LogP contribution in [0.4, 0.5) is 10.1 Å². The van der Waals surface area contributed by atoms with Crippen LogP contribution in [-0.4, -0.2) is 96.8 Å². The molecule has 2 heterocycles. The molecule has 2 atom stereocenters. The molecule has 14 heteroatoms. The molecule has 3 amide bonds. The third kappa shape index (κ3) is 8.63. The van der Waals surface area contributed by atoms with Crippen LogP contribution in [0.5, 0.6) is 0 Å². The molecule has 1 saturated heterocycles. The Morgan fingerprint density at radius 3 is 2.39 bits per heavy atom. The third-order valence-corrected chi connectivity index (χ3v) is 9.89. The molecule has 1 saturated carbocycles. The predicted octanol–water partition coefficient (Wildman–Crippen LogP) is 1.98. The van der Waals surface area contributed by atoms with Gasteiger partial charge in [-0.1, -0.05) is 25.3 Å². The maximum Gasteiger partial charge on any atom is 0.270 e. The van der Waals surface area contributed by atoms with Crippen LogP contribution < -0.4 is 15.4 Å². The average Bonchev–Trinajstić information content (AvgIpc) is 3.50. The topological polar surface area (TPSA) is 146 Å². The van der Waals surface area contributed by atoms with Gasteiger partial charge < -0.3 is 20.4 Å². The van der Waals surface area contributed by atoms with Gasteiger partial charge in [0.05, 0.1) is 11.4 Å². The Hall–Kier alpha value is -3.36. The molecule has 0 bridgehead atoms. The van der Waals surface area contributed by atoms with Crippen LogP contribution in [-0.2, 0) is 32.6 Å². The summed E-state index contributed by atoms with van der Waals surface area (Å²) in [5.41, 5.74) is 0.677. The van der Waals surface area contributed by atoms with Crippen molar-refractivity contribution in [3.8, 4) is 0 Å². The first-order valence-corrected chi connectivity index (χ1v) is 17.1. The zero-order chi connectivity index (χ0) is 31.9. The molecular weight excluding hydrogens is 589 g/mol. The number of benzene rings is 1. The summed E-state index contributed by atoms with van der Waals surface area (Å²) in [6.07, 6.45) is 5.95. The van der Waals surface area contributed by atoms with Crippen molar-refractivity contribution >= 4 is 33.4 Å². The number of halogens is 1. The second-order valence-electron chi connectivity index (χ2n) is 11.6. The number of sulfonamides is 1. The fraction of sp³-hybridized carbons (Fsp3) is 0.600. The molecule has 2 fully saturated rings. The summed E-state index contributed by atoms with van der Waals surface area (Å²) in [5, 5.41) is 9.66. The zero-order valence-electron chi connectivity index (χ0n) is 25.7. The van der Waals surface area contributed by atoms with Gasteiger partial charge in [0.1, 0.15) is 23.6 Å². The van der Waals surface area contributed by atoms with Gasteiger partial charge in [0.25, 0.3) is 5.91 Å². The molecule has 2 aromatic rings. The summed E-state index contributed by atoms with van der Waals surface area (Å²) in [4.78, 5) is 43.7. The van der Waals surface area contributed by atoms with Crippen molar-refractivity contribution in [3.05, 3.63) is 47.5 Å². The lowest BCUT2D eigenvalue weighted by Crippen LogP contribution is -2.55. The first-order valence-electron chi connectivity index (χ1n) is 15.4. The summed E-state index contributed by atoms with van der Waals surface area (Å²) in [5.74, 6) is -2.31. The first-order chi connectivity index (χ1) is 21.0. The summed E-state index contributed by atoms with van der Waals surface area (Å²) >= 11 is 0. The second kappa shape index (κ2) is 15.1. The molecule has 1 aromatic heterocycles. The van der Waals surface area contributed by atoms with Crippen LogP contribution in [0.1, 0.15) is 62.0 Å². The van der Waals surface area contributed by atoms with E-state index in [-0.39, 0.29) is 29.7 Å². The van der Waals surface area contributed by atoms with Gasteiger partial charge >= 0.3 is 0 Å². The first kappa shape index (κ1) is 33.5. The van der Waals surface area contributed by atoms with Crippen molar-refractivity contribution in [2.75, 3.05) is 44.3 Å². The molecule has 242 valence electrons. The number of hydrogen-bond donors (Lipinski definition) is 3. The fourth-order valence-corrected chi connectivity index (χ4v) is 6.60. The maximum absolute atomic E-state index is 15.4. The van der Waals surface area contributed by atoms with Crippen molar-refractivity contribution in [1.29, 1.82) is 0 Å². The average molecular weight is 634 g/mol. The Balaban J connectivity index is 1.49. The number of aromatic nitrogens is 2. The van der Waals surface area contributed by atoms with Crippen molar-refractivity contribution in [3.63, 3.8) is 0 Å². The van der Waals surface area contributed by atoms with Crippen molar-refractivity contribution in [1.82, 2.24) is 29.6 Å². The highest BCUT2D eigenvalue weighted by Crippen LogP contribution is 2.28. The highest BCUT2D eigenvalue weighted by molar-refractivity contribution is 7.89. The van der Waals surface area contributed by atoms with Crippen LogP contribution in [0.15, 0.2) is 30.5 Å². The van der Waals surface area contributed by atoms with Gasteiger partial charge in [-0.15, -0.1) is 0 Å². The molecule has 0 spiro atoms. The van der Waals surface area contributed by atoms with E-state index in [1.807, 2.05) is 14.0 Å². The quantitative estimate of drug-likeness (QED) is 0.324. The number of likely N-dealkylation sites (N-methyl/N-ethyl adjacent to an activating group) is 1. The van der Waals surface area contributed by atoms with Gasteiger partial charge in [-0.2, -0.15) is 5.10 Å². The Labute approximate surface area is 258 Å². The smallest absolute Gasteiger partial charge is 0.270 e. The van der Waals surface area contributed by atoms with E-state index in [1.165, 1.54) is 25.3 Å². The summed E-state index contributed by atoms with van der Waals surface area (Å²) in [6.45, 7) is 6.13. The SMILES string of the molecule is CCn1nccc1C(=O)N[C@H](C(=O)Nc1ccc(C[C@@H](NS(=O)(=O)CC)C(=O)N2CCN(C)CC2)cc1F)C1CCCCC1. The number of aryl methyl sites for hydroxylation is 1. The van der Waals surface area contributed by atoms with Crippen molar-refractivity contribution < 1.29 is 27.2 Å². The number of nitrogens with zero attached hydrogens (tertiary/aromatic N) is 4. The highest BCUT2D eigenvalue weighted by Gasteiger charge is 2.33. The van der Waals surface area contributed by atoms with Gasteiger partial charge in [-0.3, -0.25) is 19.1 Å². The molecule has 1 aliphatic carbocycles. The molecule has 1 aliphatic heterocycles. The number of hydrogen-bond acceptors (Lipinski definition) is 7. The van der Waals surface area contributed by atoms with Crippen LogP contribution in [0.3, 0.4) is 0 Å². The predicted molar refractivity (Wildman–Crippen MR) is 165 cm³/mol. The molecule has 0 unspecified atom stereocenters. The number of amides is 3. The van der Waals surface area contributed by atoms with Crippen LogP contribution in [0.25, 0.3) is 0 Å². The Morgan fingerprint density at radius 2 is 1.75 bits per heavy atom. The lowest BCUT2D eigenvalue weighted by atomic mass is 9.83. The number of rotatable bonds is 12. The lowest BCUT2D eigenvalue weighted by molar-refractivity contribution is -0.134. The number of anilines is 1. The van der Waals surface area contributed by atoms with Gasteiger partial charge in [-0.25, -0.2) is 17.5 Å². The molecule has 3 N–H and O–H groups in total. The van der Waals surface area contributed by atoms with E-state index in [2.05, 4.69) is 25.4 Å². The molecule has 44 heavy (non-hydrogen) atoms. The van der Waals surface area contributed by atoms with E-state index >= 15 is 4.39 Å². The van der Waals surface area contributed by atoms with E-state index in [4.69, 9.17) is 0 Å². The normalized spacial score (nSPS) is 18.0. The molecule has 12 nitrogen and oxygen atoms in total. The minimum absolute atomic E-state index is 0.0542. The largest absolute Gasteiger partial charge is 0.339 e.